The molecule has 0 unspecified atom stereocenters. The minimum Gasteiger partial charge on any atom is -0.352 e. The molecule has 2 amide bonds. The summed E-state index contributed by atoms with van der Waals surface area (Å²) in [6.07, 6.45) is 0.961. The Morgan fingerprint density at radius 1 is 0.864 bits per heavy atom. The highest BCUT2D eigenvalue weighted by atomic mass is 79.9. The van der Waals surface area contributed by atoms with Crippen LogP contribution in [0.2, 0.25) is 5.02 Å². The van der Waals surface area contributed by atoms with Crippen molar-refractivity contribution in [2.75, 3.05) is 10.8 Å². The second-order valence-corrected chi connectivity index (χ2v) is 13.7. The van der Waals surface area contributed by atoms with Crippen LogP contribution in [0.15, 0.2) is 119 Å². The smallest absolute Gasteiger partial charge is 0.264 e. The number of rotatable bonds is 13. The van der Waals surface area contributed by atoms with Gasteiger partial charge in [0.25, 0.3) is 10.0 Å². The standard InChI is InChI=1S/C34H35BrClN3O4S/c1-3-25(2)37-34(41)32(22-26-11-6-4-7-12-26)38(23-27-13-10-14-28(35)21-27)33(40)24-39(30-15-8-5-9-16-30)44(42,43)31-19-17-29(36)18-20-31/h4-21,25,32H,3,22-24H2,1-2H3,(H,37,41)/t25-,32-/m1/s1. The Labute approximate surface area is 273 Å². The molecule has 0 aliphatic carbocycles. The monoisotopic (exact) mass is 695 g/mol. The molecule has 0 fully saturated rings. The van der Waals surface area contributed by atoms with Gasteiger partial charge in [-0.05, 0) is 73.0 Å². The number of hydrogen-bond acceptors (Lipinski definition) is 4. The molecule has 0 aliphatic rings. The molecule has 0 aliphatic heterocycles. The van der Waals surface area contributed by atoms with Gasteiger partial charge in [-0.25, -0.2) is 8.42 Å². The van der Waals surface area contributed by atoms with Crippen LogP contribution < -0.4 is 9.62 Å². The van der Waals surface area contributed by atoms with Crippen LogP contribution in [0.4, 0.5) is 5.69 Å². The van der Waals surface area contributed by atoms with E-state index in [9.17, 15) is 18.0 Å². The van der Waals surface area contributed by atoms with E-state index >= 15 is 0 Å². The number of benzene rings is 4. The van der Waals surface area contributed by atoms with E-state index in [2.05, 4.69) is 21.2 Å². The summed E-state index contributed by atoms with van der Waals surface area (Å²) in [5.41, 5.74) is 1.98. The van der Waals surface area contributed by atoms with Crippen molar-refractivity contribution >= 4 is 55.1 Å². The van der Waals surface area contributed by atoms with Crippen molar-refractivity contribution in [2.24, 2.45) is 0 Å². The van der Waals surface area contributed by atoms with E-state index in [0.717, 1.165) is 19.9 Å². The number of nitrogens with zero attached hydrogens (tertiary/aromatic N) is 2. The molecular weight excluding hydrogens is 662 g/mol. The Bertz CT molecular complexity index is 1660. The second kappa shape index (κ2) is 15.4. The Morgan fingerprint density at radius 2 is 1.48 bits per heavy atom. The first kappa shape index (κ1) is 33.2. The topological polar surface area (TPSA) is 86.8 Å². The number of carbonyl (C=O) groups excluding carboxylic acids is 2. The Balaban J connectivity index is 1.79. The average Bonchev–Trinajstić information content (AvgIpc) is 3.02. The summed E-state index contributed by atoms with van der Waals surface area (Å²) in [6, 6.07) is 30.2. The van der Waals surface area contributed by atoms with Gasteiger partial charge in [-0.15, -0.1) is 0 Å². The first-order chi connectivity index (χ1) is 21.1. The Kier molecular flexibility index (Phi) is 11.6. The highest BCUT2D eigenvalue weighted by Gasteiger charge is 2.35. The zero-order chi connectivity index (χ0) is 31.7. The molecular formula is C34H35BrClN3O4S. The van der Waals surface area contributed by atoms with Crippen LogP contribution in [-0.2, 0) is 32.6 Å². The van der Waals surface area contributed by atoms with E-state index in [-0.39, 0.29) is 29.8 Å². The first-order valence-corrected chi connectivity index (χ1v) is 16.9. The predicted molar refractivity (Wildman–Crippen MR) is 179 cm³/mol. The highest BCUT2D eigenvalue weighted by Crippen LogP contribution is 2.26. The lowest BCUT2D eigenvalue weighted by Gasteiger charge is -2.34. The largest absolute Gasteiger partial charge is 0.352 e. The van der Waals surface area contributed by atoms with Crippen LogP contribution >= 0.6 is 27.5 Å². The number of sulfonamides is 1. The molecule has 4 rings (SSSR count). The second-order valence-electron chi connectivity index (χ2n) is 10.5. The molecule has 10 heteroatoms. The fourth-order valence-electron chi connectivity index (χ4n) is 4.68. The molecule has 1 N–H and O–H groups in total. The van der Waals surface area contributed by atoms with Crippen LogP contribution in [0, 0.1) is 0 Å². The third-order valence-corrected chi connectivity index (χ3v) is 9.77. The van der Waals surface area contributed by atoms with Gasteiger partial charge < -0.3 is 10.2 Å². The maximum atomic E-state index is 14.4. The molecule has 0 heterocycles. The zero-order valence-electron chi connectivity index (χ0n) is 24.6. The minimum atomic E-state index is -4.19. The molecule has 0 saturated carbocycles. The number of amides is 2. The maximum absolute atomic E-state index is 14.4. The molecule has 4 aromatic carbocycles. The van der Waals surface area contributed by atoms with Crippen LogP contribution in [0.1, 0.15) is 31.4 Å². The van der Waals surface area contributed by atoms with Crippen LogP contribution in [0.3, 0.4) is 0 Å². The van der Waals surface area contributed by atoms with Crippen molar-refractivity contribution in [3.05, 3.63) is 130 Å². The van der Waals surface area contributed by atoms with Crippen molar-refractivity contribution in [3.63, 3.8) is 0 Å². The van der Waals surface area contributed by atoms with E-state index in [4.69, 9.17) is 11.6 Å². The van der Waals surface area contributed by atoms with Crippen LogP contribution in [0.25, 0.3) is 0 Å². The Hall–Kier alpha value is -3.66. The lowest BCUT2D eigenvalue weighted by atomic mass is 10.0. The highest BCUT2D eigenvalue weighted by molar-refractivity contribution is 9.10. The fraction of sp³-hybridized carbons (Fsp3) is 0.235. The summed E-state index contributed by atoms with van der Waals surface area (Å²) in [5.74, 6) is -0.829. The van der Waals surface area contributed by atoms with Gasteiger partial charge in [0.05, 0.1) is 10.6 Å². The Morgan fingerprint density at radius 3 is 2.09 bits per heavy atom. The summed E-state index contributed by atoms with van der Waals surface area (Å²) in [7, 11) is -4.19. The molecule has 4 aromatic rings. The summed E-state index contributed by atoms with van der Waals surface area (Å²) < 4.78 is 29.9. The molecule has 0 aromatic heterocycles. The van der Waals surface area contributed by atoms with Crippen molar-refractivity contribution in [1.29, 1.82) is 0 Å². The van der Waals surface area contributed by atoms with Gasteiger partial charge in [-0.2, -0.15) is 0 Å². The van der Waals surface area contributed by atoms with E-state index in [1.54, 1.807) is 30.3 Å². The SMILES string of the molecule is CC[C@@H](C)NC(=O)[C@@H](Cc1ccccc1)N(Cc1cccc(Br)c1)C(=O)CN(c1ccccc1)S(=O)(=O)c1ccc(Cl)cc1. The fourth-order valence-corrected chi connectivity index (χ4v) is 6.67. The summed E-state index contributed by atoms with van der Waals surface area (Å²) in [6.45, 7) is 3.45. The quantitative estimate of drug-likeness (QED) is 0.166. The lowest BCUT2D eigenvalue weighted by molar-refractivity contribution is -0.140. The molecule has 0 radical (unpaired) electrons. The third kappa shape index (κ3) is 8.71. The normalized spacial score (nSPS) is 12.6. The molecule has 44 heavy (non-hydrogen) atoms. The lowest BCUT2D eigenvalue weighted by Crippen LogP contribution is -2.54. The van der Waals surface area contributed by atoms with E-state index in [1.165, 1.54) is 29.2 Å². The van der Waals surface area contributed by atoms with Gasteiger partial charge in [0.2, 0.25) is 11.8 Å². The van der Waals surface area contributed by atoms with E-state index in [0.29, 0.717) is 17.1 Å². The molecule has 0 saturated heterocycles. The van der Waals surface area contributed by atoms with Crippen molar-refractivity contribution in [3.8, 4) is 0 Å². The van der Waals surface area contributed by atoms with Gasteiger partial charge in [0.1, 0.15) is 12.6 Å². The van der Waals surface area contributed by atoms with E-state index in [1.807, 2.05) is 68.4 Å². The minimum absolute atomic E-state index is 0.00700. The number of halogens is 2. The van der Waals surface area contributed by atoms with Gasteiger partial charge in [0.15, 0.2) is 0 Å². The van der Waals surface area contributed by atoms with Crippen molar-refractivity contribution in [1.82, 2.24) is 10.2 Å². The van der Waals surface area contributed by atoms with Crippen LogP contribution in [0.5, 0.6) is 0 Å². The van der Waals surface area contributed by atoms with Crippen LogP contribution in [-0.4, -0.2) is 43.8 Å². The molecule has 0 spiro atoms. The summed E-state index contributed by atoms with van der Waals surface area (Å²) in [5, 5.41) is 3.43. The number of nitrogens with one attached hydrogen (secondary N) is 1. The average molecular weight is 697 g/mol. The number of para-hydroxylation sites is 1. The van der Waals surface area contributed by atoms with Gasteiger partial charge in [-0.3, -0.25) is 13.9 Å². The molecule has 7 nitrogen and oxygen atoms in total. The number of hydrogen-bond donors (Lipinski definition) is 1. The summed E-state index contributed by atoms with van der Waals surface area (Å²) in [4.78, 5) is 29.8. The van der Waals surface area contributed by atoms with Crippen molar-refractivity contribution in [2.45, 2.75) is 50.2 Å². The summed E-state index contributed by atoms with van der Waals surface area (Å²) >= 11 is 9.54. The van der Waals surface area contributed by atoms with Crippen molar-refractivity contribution < 1.29 is 18.0 Å². The third-order valence-electron chi connectivity index (χ3n) is 7.24. The molecule has 230 valence electrons. The van der Waals surface area contributed by atoms with E-state index < -0.39 is 28.5 Å². The maximum Gasteiger partial charge on any atom is 0.264 e. The van der Waals surface area contributed by atoms with Gasteiger partial charge in [-0.1, -0.05) is 95.1 Å². The first-order valence-electron chi connectivity index (χ1n) is 14.3. The number of carbonyl (C=O) groups is 2. The van der Waals surface area contributed by atoms with Gasteiger partial charge in [0, 0.05) is 28.5 Å². The molecule has 2 atom stereocenters. The van der Waals surface area contributed by atoms with Gasteiger partial charge >= 0.3 is 0 Å². The predicted octanol–water partition coefficient (Wildman–Crippen LogP) is 6.85. The zero-order valence-corrected chi connectivity index (χ0v) is 27.7. The molecule has 0 bridgehead atoms. The number of anilines is 1.